The van der Waals surface area contributed by atoms with Gasteiger partial charge in [-0.25, -0.2) is 9.59 Å². The maximum atomic E-state index is 12.2. The van der Waals surface area contributed by atoms with Crippen LogP contribution in [0.3, 0.4) is 0 Å². The van der Waals surface area contributed by atoms with Crippen LogP contribution in [0.5, 0.6) is 0 Å². The molecule has 2 aliphatic heterocycles. The Labute approximate surface area is 210 Å². The lowest BCUT2D eigenvalue weighted by molar-refractivity contribution is 0.0163. The number of amides is 2. The van der Waals surface area contributed by atoms with Gasteiger partial charge in [0.25, 0.3) is 0 Å². The summed E-state index contributed by atoms with van der Waals surface area (Å²) >= 11 is 0. The fourth-order valence-electron chi connectivity index (χ4n) is 4.51. The van der Waals surface area contributed by atoms with E-state index in [0.717, 1.165) is 83.6 Å². The van der Waals surface area contributed by atoms with Crippen molar-refractivity contribution >= 4 is 12.2 Å². The van der Waals surface area contributed by atoms with Gasteiger partial charge < -0.3 is 29.3 Å². The Morgan fingerprint density at radius 1 is 0.971 bits per heavy atom. The fraction of sp³-hybridized carbons (Fsp3) is 0.704. The summed E-state index contributed by atoms with van der Waals surface area (Å²) in [5.74, 6) is 0.608. The lowest BCUT2D eigenvalue weighted by atomic mass is 9.94. The van der Waals surface area contributed by atoms with Crippen LogP contribution in [-0.4, -0.2) is 79.6 Å². The van der Waals surface area contributed by atoms with Gasteiger partial charge in [-0.05, 0) is 64.4 Å². The van der Waals surface area contributed by atoms with Crippen LogP contribution in [0, 0.1) is 5.92 Å². The number of hydrogen-bond acceptors (Lipinski definition) is 6. The quantitative estimate of drug-likeness (QED) is 0.517. The Morgan fingerprint density at radius 3 is 2.31 bits per heavy atom. The number of carbonyl (C=O) groups is 2. The van der Waals surface area contributed by atoms with E-state index < -0.39 is 5.60 Å². The molecule has 0 bridgehead atoms. The monoisotopic (exact) mass is 489 g/mol. The van der Waals surface area contributed by atoms with Gasteiger partial charge in [0.1, 0.15) is 12.2 Å². The van der Waals surface area contributed by atoms with Crippen LogP contribution in [0.2, 0.25) is 0 Å². The van der Waals surface area contributed by atoms with Crippen molar-refractivity contribution in [3.63, 3.8) is 0 Å². The number of hydrogen-bond donors (Lipinski definition) is 1. The van der Waals surface area contributed by atoms with Crippen LogP contribution >= 0.6 is 0 Å². The van der Waals surface area contributed by atoms with Crippen molar-refractivity contribution in [3.8, 4) is 0 Å². The average Bonchev–Trinajstić information content (AvgIpc) is 2.83. The molecule has 2 fully saturated rings. The van der Waals surface area contributed by atoms with E-state index in [2.05, 4.69) is 10.2 Å². The summed E-state index contributed by atoms with van der Waals surface area (Å²) < 4.78 is 16.7. The summed E-state index contributed by atoms with van der Waals surface area (Å²) in [5, 5.41) is 2.99. The molecule has 196 valence electrons. The molecule has 2 aliphatic rings. The van der Waals surface area contributed by atoms with Crippen molar-refractivity contribution in [1.29, 1.82) is 0 Å². The molecule has 0 saturated carbocycles. The smallest absolute Gasteiger partial charge is 0.410 e. The van der Waals surface area contributed by atoms with Crippen LogP contribution in [-0.2, 0) is 20.8 Å². The van der Waals surface area contributed by atoms with E-state index in [0.29, 0.717) is 12.5 Å². The van der Waals surface area contributed by atoms with Gasteiger partial charge >= 0.3 is 12.2 Å². The van der Waals surface area contributed by atoms with Crippen LogP contribution in [0.15, 0.2) is 30.3 Å². The zero-order chi connectivity index (χ0) is 25.1. The van der Waals surface area contributed by atoms with Gasteiger partial charge in [-0.1, -0.05) is 30.3 Å². The van der Waals surface area contributed by atoms with Crippen molar-refractivity contribution in [2.45, 2.75) is 71.1 Å². The zero-order valence-corrected chi connectivity index (χ0v) is 21.7. The molecule has 2 amide bonds. The van der Waals surface area contributed by atoms with E-state index in [1.54, 1.807) is 0 Å². The summed E-state index contributed by atoms with van der Waals surface area (Å²) in [6.45, 7) is 11.9. The Balaban J connectivity index is 1.18. The molecule has 0 unspecified atom stereocenters. The Hall–Kier alpha value is -2.32. The summed E-state index contributed by atoms with van der Waals surface area (Å²) in [4.78, 5) is 28.4. The summed E-state index contributed by atoms with van der Waals surface area (Å²) in [6.07, 6.45) is 4.38. The van der Waals surface area contributed by atoms with E-state index in [1.165, 1.54) is 0 Å². The normalized spacial score (nSPS) is 18.3. The topological polar surface area (TPSA) is 80.3 Å². The number of likely N-dealkylation sites (tertiary alicyclic amines) is 2. The molecular weight excluding hydrogens is 446 g/mol. The first-order valence-electron chi connectivity index (χ1n) is 13.0. The highest BCUT2D eigenvalue weighted by Crippen LogP contribution is 2.22. The maximum absolute atomic E-state index is 12.2. The second-order valence-corrected chi connectivity index (χ2v) is 10.6. The van der Waals surface area contributed by atoms with Crippen LogP contribution in [0.4, 0.5) is 9.59 Å². The average molecular weight is 490 g/mol. The van der Waals surface area contributed by atoms with Crippen LogP contribution in [0.25, 0.3) is 0 Å². The SMILES string of the molecule is CC(C)(C)OC(=O)N1CCC(CCOCCN2CCC(NC(=O)OCc3ccccc3)CC2)CC1. The van der Waals surface area contributed by atoms with Crippen LogP contribution < -0.4 is 5.32 Å². The third-order valence-corrected chi connectivity index (χ3v) is 6.61. The third-order valence-electron chi connectivity index (χ3n) is 6.61. The Morgan fingerprint density at radius 2 is 1.66 bits per heavy atom. The maximum Gasteiger partial charge on any atom is 0.410 e. The van der Waals surface area contributed by atoms with Gasteiger partial charge in [-0.3, -0.25) is 0 Å². The predicted octanol–water partition coefficient (Wildman–Crippen LogP) is 4.43. The number of carbonyl (C=O) groups excluding carboxylic acids is 2. The second-order valence-electron chi connectivity index (χ2n) is 10.6. The number of rotatable bonds is 9. The van der Waals surface area contributed by atoms with Crippen molar-refractivity contribution in [3.05, 3.63) is 35.9 Å². The number of benzene rings is 1. The van der Waals surface area contributed by atoms with Gasteiger partial charge in [0, 0.05) is 45.4 Å². The molecule has 1 N–H and O–H groups in total. The fourth-order valence-corrected chi connectivity index (χ4v) is 4.51. The first kappa shape index (κ1) is 27.3. The lowest BCUT2D eigenvalue weighted by Gasteiger charge is -2.33. The van der Waals surface area contributed by atoms with E-state index in [9.17, 15) is 9.59 Å². The number of ether oxygens (including phenoxy) is 3. The highest BCUT2D eigenvalue weighted by Gasteiger charge is 2.27. The van der Waals surface area contributed by atoms with Crippen molar-refractivity contribution in [1.82, 2.24) is 15.1 Å². The van der Waals surface area contributed by atoms with Crippen molar-refractivity contribution in [2.75, 3.05) is 45.9 Å². The molecule has 0 spiro atoms. The van der Waals surface area contributed by atoms with Gasteiger partial charge in [-0.2, -0.15) is 0 Å². The van der Waals surface area contributed by atoms with Gasteiger partial charge in [-0.15, -0.1) is 0 Å². The minimum Gasteiger partial charge on any atom is -0.445 e. The van der Waals surface area contributed by atoms with Gasteiger partial charge in [0.05, 0.1) is 6.61 Å². The molecule has 0 aromatic heterocycles. The highest BCUT2D eigenvalue weighted by atomic mass is 16.6. The number of nitrogens with zero attached hydrogens (tertiary/aromatic N) is 2. The molecule has 0 atom stereocenters. The summed E-state index contributed by atoms with van der Waals surface area (Å²) in [6, 6.07) is 9.89. The lowest BCUT2D eigenvalue weighted by Crippen LogP contribution is -2.45. The minimum absolute atomic E-state index is 0.169. The van der Waals surface area contributed by atoms with E-state index in [4.69, 9.17) is 14.2 Å². The predicted molar refractivity (Wildman–Crippen MR) is 135 cm³/mol. The molecule has 3 rings (SSSR count). The molecule has 1 aromatic carbocycles. The molecule has 2 heterocycles. The number of alkyl carbamates (subject to hydrolysis) is 1. The first-order valence-corrected chi connectivity index (χ1v) is 13.0. The zero-order valence-electron chi connectivity index (χ0n) is 21.7. The summed E-state index contributed by atoms with van der Waals surface area (Å²) in [5.41, 5.74) is 0.547. The van der Waals surface area contributed by atoms with Gasteiger partial charge in [0.2, 0.25) is 0 Å². The van der Waals surface area contributed by atoms with Crippen molar-refractivity contribution in [2.24, 2.45) is 5.92 Å². The van der Waals surface area contributed by atoms with E-state index in [-0.39, 0.29) is 18.2 Å². The van der Waals surface area contributed by atoms with Crippen molar-refractivity contribution < 1.29 is 23.8 Å². The Bertz CT molecular complexity index is 767. The highest BCUT2D eigenvalue weighted by molar-refractivity contribution is 5.68. The van der Waals surface area contributed by atoms with E-state index >= 15 is 0 Å². The Kier molecular flexibility index (Phi) is 10.7. The minimum atomic E-state index is -0.443. The molecule has 0 radical (unpaired) electrons. The van der Waals surface area contributed by atoms with E-state index in [1.807, 2.05) is 56.0 Å². The second kappa shape index (κ2) is 13.7. The molecule has 1 aromatic rings. The molecule has 8 nitrogen and oxygen atoms in total. The van der Waals surface area contributed by atoms with Crippen LogP contribution in [0.1, 0.15) is 58.4 Å². The molecule has 35 heavy (non-hydrogen) atoms. The molecular formula is C27H43N3O5. The first-order chi connectivity index (χ1) is 16.8. The molecule has 2 saturated heterocycles. The summed E-state index contributed by atoms with van der Waals surface area (Å²) in [7, 11) is 0. The standard InChI is InChI=1S/C27H43N3O5/c1-27(2,3)35-26(32)30-16-9-22(10-17-30)13-19-33-20-18-29-14-11-24(12-15-29)28-25(31)34-21-23-7-5-4-6-8-23/h4-8,22,24H,9-21H2,1-3H3,(H,28,31). The third kappa shape index (κ3) is 10.4. The number of nitrogens with one attached hydrogen (secondary N) is 1. The molecule has 0 aliphatic carbocycles. The van der Waals surface area contributed by atoms with Gasteiger partial charge in [0.15, 0.2) is 0 Å². The number of piperidine rings is 2. The largest absolute Gasteiger partial charge is 0.445 e. The molecule has 8 heteroatoms.